The molecule has 0 spiro atoms. The van der Waals surface area contributed by atoms with Crippen LogP contribution in [-0.4, -0.2) is 24.7 Å². The maximum Gasteiger partial charge on any atom is 0.306 e. The summed E-state index contributed by atoms with van der Waals surface area (Å²) in [6, 6.07) is 7.30. The van der Waals surface area contributed by atoms with Gasteiger partial charge < -0.3 is 14.4 Å². The summed E-state index contributed by atoms with van der Waals surface area (Å²) in [6.07, 6.45) is 0.268. The van der Waals surface area contributed by atoms with E-state index in [1.54, 1.807) is 11.9 Å². The molecule has 0 aromatic heterocycles. The first kappa shape index (κ1) is 17.9. The smallest absolute Gasteiger partial charge is 0.306 e. The largest absolute Gasteiger partial charge is 0.461 e. The van der Waals surface area contributed by atoms with Gasteiger partial charge in [0.15, 0.2) is 0 Å². The van der Waals surface area contributed by atoms with Crippen LogP contribution in [0.4, 0.5) is 5.69 Å². The Kier molecular flexibility index (Phi) is 6.76. The van der Waals surface area contributed by atoms with Crippen molar-refractivity contribution in [1.82, 2.24) is 0 Å². The van der Waals surface area contributed by atoms with Gasteiger partial charge in [-0.2, -0.15) is 0 Å². The molecule has 0 aliphatic rings. The number of carbonyl (C=O) groups excluding carboxylic acids is 3. The average molecular weight is 305 g/mol. The summed E-state index contributed by atoms with van der Waals surface area (Å²) in [5.74, 6) is -0.575. The summed E-state index contributed by atoms with van der Waals surface area (Å²) >= 11 is 0. The van der Waals surface area contributed by atoms with Gasteiger partial charge in [0.05, 0.1) is 6.42 Å². The molecule has 0 aliphatic carbocycles. The van der Waals surface area contributed by atoms with E-state index >= 15 is 0 Å². The molecule has 0 unspecified atom stereocenters. The summed E-state index contributed by atoms with van der Waals surface area (Å²) in [4.78, 5) is 36.1. The van der Waals surface area contributed by atoms with E-state index in [2.05, 4.69) is 0 Å². The van der Waals surface area contributed by atoms with Crippen LogP contribution in [0.15, 0.2) is 24.3 Å². The van der Waals surface area contributed by atoms with Gasteiger partial charge in [0, 0.05) is 30.6 Å². The number of hydrogen-bond donors (Lipinski definition) is 0. The maximum atomic E-state index is 12.1. The molecule has 1 rings (SSSR count). The molecule has 120 valence electrons. The second-order valence-corrected chi connectivity index (χ2v) is 5.54. The van der Waals surface area contributed by atoms with Crippen molar-refractivity contribution < 1.29 is 19.1 Å². The minimum Gasteiger partial charge on any atom is -0.461 e. The van der Waals surface area contributed by atoms with Crippen molar-refractivity contribution in [2.75, 3.05) is 11.9 Å². The SMILES string of the molecule is CC(=O)CCC(=O)OCc1ccccc1N(C)C(=O)C(C)C. The highest BCUT2D eigenvalue weighted by molar-refractivity contribution is 5.94. The Hall–Kier alpha value is -2.17. The number of hydrogen-bond acceptors (Lipinski definition) is 4. The second kappa shape index (κ2) is 8.32. The lowest BCUT2D eigenvalue weighted by Gasteiger charge is -2.22. The van der Waals surface area contributed by atoms with Crippen LogP contribution < -0.4 is 4.90 Å². The zero-order valence-electron chi connectivity index (χ0n) is 13.6. The second-order valence-electron chi connectivity index (χ2n) is 5.54. The van der Waals surface area contributed by atoms with Crippen LogP contribution in [0.5, 0.6) is 0 Å². The lowest BCUT2D eigenvalue weighted by molar-refractivity contribution is -0.145. The van der Waals surface area contributed by atoms with Crippen molar-refractivity contribution >= 4 is 23.3 Å². The van der Waals surface area contributed by atoms with E-state index in [1.807, 2.05) is 38.1 Å². The van der Waals surface area contributed by atoms with Crippen molar-refractivity contribution in [2.24, 2.45) is 5.92 Å². The zero-order valence-corrected chi connectivity index (χ0v) is 13.6. The van der Waals surface area contributed by atoms with Crippen molar-refractivity contribution in [1.29, 1.82) is 0 Å². The van der Waals surface area contributed by atoms with Gasteiger partial charge >= 0.3 is 5.97 Å². The van der Waals surface area contributed by atoms with Crippen molar-refractivity contribution in [3.8, 4) is 0 Å². The summed E-state index contributed by atoms with van der Waals surface area (Å²) in [5.41, 5.74) is 1.48. The third-order valence-electron chi connectivity index (χ3n) is 3.25. The molecule has 1 aromatic rings. The highest BCUT2D eigenvalue weighted by atomic mass is 16.5. The summed E-state index contributed by atoms with van der Waals surface area (Å²) in [7, 11) is 1.71. The van der Waals surface area contributed by atoms with Crippen LogP contribution in [0.3, 0.4) is 0 Å². The molecule has 5 nitrogen and oxygen atoms in total. The number of anilines is 1. The minimum atomic E-state index is -0.414. The Labute approximate surface area is 131 Å². The van der Waals surface area contributed by atoms with Gasteiger partial charge in [0.25, 0.3) is 0 Å². The predicted molar refractivity (Wildman–Crippen MR) is 84.4 cm³/mol. The Morgan fingerprint density at radius 1 is 1.14 bits per heavy atom. The summed E-state index contributed by atoms with van der Waals surface area (Å²) in [5, 5.41) is 0. The number of amides is 1. The Morgan fingerprint density at radius 3 is 2.36 bits per heavy atom. The lowest BCUT2D eigenvalue weighted by atomic mass is 10.1. The normalized spacial score (nSPS) is 10.4. The Bertz CT molecular complexity index is 551. The Balaban J connectivity index is 2.74. The van der Waals surface area contributed by atoms with Gasteiger partial charge in [-0.25, -0.2) is 0 Å². The molecule has 0 fully saturated rings. The molecule has 22 heavy (non-hydrogen) atoms. The van der Waals surface area contributed by atoms with Crippen LogP contribution in [0.2, 0.25) is 0 Å². The first-order valence-electron chi connectivity index (χ1n) is 7.33. The monoisotopic (exact) mass is 305 g/mol. The van der Waals surface area contributed by atoms with Gasteiger partial charge in [-0.15, -0.1) is 0 Å². The van der Waals surface area contributed by atoms with E-state index in [0.717, 1.165) is 11.3 Å². The number of nitrogens with zero attached hydrogens (tertiary/aromatic N) is 1. The zero-order chi connectivity index (χ0) is 16.7. The number of benzene rings is 1. The number of ether oxygens (including phenoxy) is 1. The molecular weight excluding hydrogens is 282 g/mol. The first-order chi connectivity index (χ1) is 10.3. The molecule has 0 aliphatic heterocycles. The number of para-hydroxylation sites is 1. The number of esters is 1. The third-order valence-corrected chi connectivity index (χ3v) is 3.25. The summed E-state index contributed by atoms with van der Waals surface area (Å²) in [6.45, 7) is 5.20. The fraction of sp³-hybridized carbons (Fsp3) is 0.471. The molecule has 0 radical (unpaired) electrons. The highest BCUT2D eigenvalue weighted by Crippen LogP contribution is 2.21. The lowest BCUT2D eigenvalue weighted by Crippen LogP contribution is -2.31. The molecule has 5 heteroatoms. The molecule has 0 bridgehead atoms. The van der Waals surface area contributed by atoms with Gasteiger partial charge in [-0.3, -0.25) is 9.59 Å². The number of rotatable bonds is 7. The van der Waals surface area contributed by atoms with Gasteiger partial charge in [-0.05, 0) is 13.0 Å². The number of carbonyl (C=O) groups is 3. The average Bonchev–Trinajstić information content (AvgIpc) is 2.49. The quantitative estimate of drug-likeness (QED) is 0.727. The maximum absolute atomic E-state index is 12.1. The van der Waals surface area contributed by atoms with E-state index in [-0.39, 0.29) is 37.1 Å². The van der Waals surface area contributed by atoms with E-state index < -0.39 is 5.97 Å². The molecule has 1 aromatic carbocycles. The van der Waals surface area contributed by atoms with E-state index in [0.29, 0.717) is 0 Å². The Morgan fingerprint density at radius 2 is 1.77 bits per heavy atom. The molecule has 0 heterocycles. The van der Waals surface area contributed by atoms with Gasteiger partial charge in [0.1, 0.15) is 12.4 Å². The highest BCUT2D eigenvalue weighted by Gasteiger charge is 2.17. The van der Waals surface area contributed by atoms with Crippen LogP contribution in [0.1, 0.15) is 39.2 Å². The molecular formula is C17H23NO4. The van der Waals surface area contributed by atoms with Crippen LogP contribution in [-0.2, 0) is 25.7 Å². The fourth-order valence-corrected chi connectivity index (χ4v) is 1.97. The van der Waals surface area contributed by atoms with E-state index in [1.165, 1.54) is 6.92 Å². The van der Waals surface area contributed by atoms with Crippen molar-refractivity contribution in [3.63, 3.8) is 0 Å². The van der Waals surface area contributed by atoms with Crippen LogP contribution in [0, 0.1) is 5.92 Å². The summed E-state index contributed by atoms with van der Waals surface area (Å²) < 4.78 is 5.18. The predicted octanol–water partition coefficient (Wildman–Crippen LogP) is 2.72. The third kappa shape index (κ3) is 5.31. The van der Waals surface area contributed by atoms with E-state index in [9.17, 15) is 14.4 Å². The standard InChI is InChI=1S/C17H23NO4/c1-12(2)17(21)18(4)15-8-6-5-7-14(15)11-22-16(20)10-9-13(3)19/h5-8,12H,9-11H2,1-4H3. The van der Waals surface area contributed by atoms with Crippen molar-refractivity contribution in [3.05, 3.63) is 29.8 Å². The fourth-order valence-electron chi connectivity index (χ4n) is 1.97. The van der Waals surface area contributed by atoms with Crippen LogP contribution in [0.25, 0.3) is 0 Å². The van der Waals surface area contributed by atoms with Crippen LogP contribution >= 0.6 is 0 Å². The van der Waals surface area contributed by atoms with Gasteiger partial charge in [0.2, 0.25) is 5.91 Å². The first-order valence-corrected chi connectivity index (χ1v) is 7.33. The van der Waals surface area contributed by atoms with E-state index in [4.69, 9.17) is 4.74 Å². The molecule has 0 saturated heterocycles. The molecule has 0 atom stereocenters. The number of ketones is 1. The molecule has 0 saturated carbocycles. The minimum absolute atomic E-state index is 0.00430. The number of Topliss-reactive ketones (excluding diaryl/α,β-unsaturated/α-hetero) is 1. The molecule has 0 N–H and O–H groups in total. The van der Waals surface area contributed by atoms with Crippen molar-refractivity contribution in [2.45, 2.75) is 40.2 Å². The topological polar surface area (TPSA) is 63.7 Å². The molecule has 1 amide bonds. The van der Waals surface area contributed by atoms with Gasteiger partial charge in [-0.1, -0.05) is 32.0 Å².